The predicted molar refractivity (Wildman–Crippen MR) is 69.3 cm³/mol. The van der Waals surface area contributed by atoms with Gasteiger partial charge in [-0.05, 0) is 12.8 Å². The molecule has 3 rings (SSSR count). The molecule has 0 unspecified atom stereocenters. The first-order valence-electron chi connectivity index (χ1n) is 6.59. The molecular formula is C14H14F3N3. The molecule has 1 fully saturated rings. The van der Waals surface area contributed by atoms with E-state index in [1.807, 2.05) is 4.57 Å². The summed E-state index contributed by atoms with van der Waals surface area (Å²) < 4.78 is 41.9. The number of hydrogen-bond donors (Lipinski definition) is 1. The topological polar surface area (TPSA) is 29.9 Å². The SMILES string of the molecule is Fc1cc(F)c(F)c(Nc2nccn2C2CCCC2)c1. The quantitative estimate of drug-likeness (QED) is 0.856. The van der Waals surface area contributed by atoms with Gasteiger partial charge < -0.3 is 9.88 Å². The normalized spacial score (nSPS) is 15.8. The molecule has 1 aliphatic rings. The molecule has 3 nitrogen and oxygen atoms in total. The van der Waals surface area contributed by atoms with E-state index < -0.39 is 17.5 Å². The highest BCUT2D eigenvalue weighted by molar-refractivity contribution is 5.55. The highest BCUT2D eigenvalue weighted by Gasteiger charge is 2.20. The number of rotatable bonds is 3. The molecule has 1 N–H and O–H groups in total. The first-order chi connectivity index (χ1) is 9.65. The molecule has 20 heavy (non-hydrogen) atoms. The lowest BCUT2D eigenvalue weighted by atomic mass is 10.2. The summed E-state index contributed by atoms with van der Waals surface area (Å²) in [6.07, 6.45) is 7.74. The highest BCUT2D eigenvalue weighted by Crippen LogP contribution is 2.32. The smallest absolute Gasteiger partial charge is 0.207 e. The molecule has 0 spiro atoms. The van der Waals surface area contributed by atoms with Gasteiger partial charge in [0.15, 0.2) is 11.6 Å². The van der Waals surface area contributed by atoms with E-state index in [0.717, 1.165) is 31.7 Å². The van der Waals surface area contributed by atoms with E-state index in [9.17, 15) is 13.2 Å². The molecule has 0 atom stereocenters. The summed E-state index contributed by atoms with van der Waals surface area (Å²) in [5.41, 5.74) is -0.243. The summed E-state index contributed by atoms with van der Waals surface area (Å²) in [4.78, 5) is 4.10. The Morgan fingerprint density at radius 2 is 1.90 bits per heavy atom. The fourth-order valence-electron chi connectivity index (χ4n) is 2.65. The average Bonchev–Trinajstić information content (AvgIpc) is 3.05. The minimum atomic E-state index is -1.22. The largest absolute Gasteiger partial charge is 0.323 e. The lowest BCUT2D eigenvalue weighted by Crippen LogP contribution is -2.09. The molecule has 0 aliphatic heterocycles. The van der Waals surface area contributed by atoms with Crippen LogP contribution in [0, 0.1) is 17.5 Å². The minimum Gasteiger partial charge on any atom is -0.323 e. The van der Waals surface area contributed by atoms with Crippen molar-refractivity contribution in [3.8, 4) is 0 Å². The van der Waals surface area contributed by atoms with E-state index in [-0.39, 0.29) is 5.69 Å². The van der Waals surface area contributed by atoms with Gasteiger partial charge in [0, 0.05) is 30.6 Å². The highest BCUT2D eigenvalue weighted by atomic mass is 19.2. The van der Waals surface area contributed by atoms with Crippen LogP contribution in [-0.2, 0) is 0 Å². The van der Waals surface area contributed by atoms with Crippen LogP contribution in [0.1, 0.15) is 31.7 Å². The Labute approximate surface area is 114 Å². The number of anilines is 2. The first-order valence-corrected chi connectivity index (χ1v) is 6.59. The maximum absolute atomic E-state index is 13.6. The van der Waals surface area contributed by atoms with Gasteiger partial charge in [-0.25, -0.2) is 18.2 Å². The van der Waals surface area contributed by atoms with Crippen LogP contribution in [0.2, 0.25) is 0 Å². The lowest BCUT2D eigenvalue weighted by molar-refractivity contribution is 0.497. The maximum atomic E-state index is 13.6. The van der Waals surface area contributed by atoms with Crippen molar-refractivity contribution in [2.75, 3.05) is 5.32 Å². The van der Waals surface area contributed by atoms with Crippen molar-refractivity contribution in [1.29, 1.82) is 0 Å². The Balaban J connectivity index is 1.90. The average molecular weight is 281 g/mol. The number of benzene rings is 1. The number of halogens is 3. The van der Waals surface area contributed by atoms with Crippen LogP contribution in [0.15, 0.2) is 24.5 Å². The minimum absolute atomic E-state index is 0.243. The van der Waals surface area contributed by atoms with Crippen molar-refractivity contribution in [1.82, 2.24) is 9.55 Å². The molecule has 1 saturated carbocycles. The van der Waals surface area contributed by atoms with Gasteiger partial charge in [0.05, 0.1) is 5.69 Å². The molecule has 1 aromatic heterocycles. The lowest BCUT2D eigenvalue weighted by Gasteiger charge is -2.16. The van der Waals surface area contributed by atoms with Crippen molar-refractivity contribution in [2.45, 2.75) is 31.7 Å². The van der Waals surface area contributed by atoms with Gasteiger partial charge in [0.25, 0.3) is 0 Å². The zero-order valence-electron chi connectivity index (χ0n) is 10.7. The zero-order chi connectivity index (χ0) is 14.1. The molecular weight excluding hydrogens is 267 g/mol. The van der Waals surface area contributed by atoms with Crippen LogP contribution in [0.5, 0.6) is 0 Å². The Kier molecular flexibility index (Phi) is 3.38. The fourth-order valence-corrected chi connectivity index (χ4v) is 2.65. The van der Waals surface area contributed by atoms with Gasteiger partial charge in [-0.3, -0.25) is 0 Å². The van der Waals surface area contributed by atoms with E-state index in [2.05, 4.69) is 10.3 Å². The Morgan fingerprint density at radius 3 is 2.65 bits per heavy atom. The van der Waals surface area contributed by atoms with Crippen molar-refractivity contribution >= 4 is 11.6 Å². The van der Waals surface area contributed by atoms with Gasteiger partial charge in [-0.15, -0.1) is 0 Å². The predicted octanol–water partition coefficient (Wildman–Crippen LogP) is 4.16. The Hall–Kier alpha value is -1.98. The molecule has 6 heteroatoms. The van der Waals surface area contributed by atoms with E-state index in [1.54, 1.807) is 12.4 Å². The van der Waals surface area contributed by atoms with Gasteiger partial charge >= 0.3 is 0 Å². The summed E-state index contributed by atoms with van der Waals surface area (Å²) in [5.74, 6) is -2.75. The van der Waals surface area contributed by atoms with E-state index in [1.165, 1.54) is 0 Å². The number of nitrogens with zero attached hydrogens (tertiary/aromatic N) is 2. The number of aromatic nitrogens is 2. The number of nitrogens with one attached hydrogen (secondary N) is 1. The van der Waals surface area contributed by atoms with Crippen LogP contribution in [0.4, 0.5) is 24.8 Å². The van der Waals surface area contributed by atoms with Gasteiger partial charge in [0.1, 0.15) is 5.82 Å². The molecule has 1 heterocycles. The molecule has 0 amide bonds. The van der Waals surface area contributed by atoms with E-state index >= 15 is 0 Å². The third kappa shape index (κ3) is 2.37. The first kappa shape index (κ1) is 13.0. The summed E-state index contributed by atoms with van der Waals surface area (Å²) in [5, 5.41) is 2.68. The van der Waals surface area contributed by atoms with Crippen molar-refractivity contribution in [3.63, 3.8) is 0 Å². The van der Waals surface area contributed by atoms with E-state index in [0.29, 0.717) is 18.1 Å². The van der Waals surface area contributed by atoms with Gasteiger partial charge in [0.2, 0.25) is 5.95 Å². The van der Waals surface area contributed by atoms with Crippen LogP contribution in [0.25, 0.3) is 0 Å². The summed E-state index contributed by atoms with van der Waals surface area (Å²) in [6, 6.07) is 1.75. The van der Waals surface area contributed by atoms with Gasteiger partial charge in [-0.1, -0.05) is 12.8 Å². The van der Waals surface area contributed by atoms with Crippen molar-refractivity contribution < 1.29 is 13.2 Å². The maximum Gasteiger partial charge on any atom is 0.207 e. The molecule has 0 bridgehead atoms. The van der Waals surface area contributed by atoms with Crippen LogP contribution < -0.4 is 5.32 Å². The third-order valence-electron chi connectivity index (χ3n) is 3.63. The fraction of sp³-hybridized carbons (Fsp3) is 0.357. The van der Waals surface area contributed by atoms with Crippen molar-refractivity contribution in [2.24, 2.45) is 0 Å². The Bertz CT molecular complexity index is 618. The number of hydrogen-bond acceptors (Lipinski definition) is 2. The van der Waals surface area contributed by atoms with Gasteiger partial charge in [-0.2, -0.15) is 0 Å². The van der Waals surface area contributed by atoms with Crippen LogP contribution in [-0.4, -0.2) is 9.55 Å². The monoisotopic (exact) mass is 281 g/mol. The molecule has 106 valence electrons. The molecule has 0 saturated heterocycles. The molecule has 0 radical (unpaired) electrons. The van der Waals surface area contributed by atoms with Crippen LogP contribution in [0.3, 0.4) is 0 Å². The second kappa shape index (κ2) is 5.19. The summed E-state index contributed by atoms with van der Waals surface area (Å²) in [6.45, 7) is 0. The third-order valence-corrected chi connectivity index (χ3v) is 3.63. The molecule has 1 aliphatic carbocycles. The summed E-state index contributed by atoms with van der Waals surface area (Å²) >= 11 is 0. The molecule has 2 aromatic rings. The number of imidazole rings is 1. The zero-order valence-corrected chi connectivity index (χ0v) is 10.7. The van der Waals surface area contributed by atoms with Crippen molar-refractivity contribution in [3.05, 3.63) is 42.0 Å². The van der Waals surface area contributed by atoms with E-state index in [4.69, 9.17) is 0 Å². The molecule has 1 aromatic carbocycles. The second-order valence-corrected chi connectivity index (χ2v) is 4.97. The second-order valence-electron chi connectivity index (χ2n) is 4.97. The Morgan fingerprint density at radius 1 is 1.15 bits per heavy atom. The summed E-state index contributed by atoms with van der Waals surface area (Å²) in [7, 11) is 0. The van der Waals surface area contributed by atoms with Crippen LogP contribution >= 0.6 is 0 Å². The standard InChI is InChI=1S/C14H14F3N3/c15-9-7-11(16)13(17)12(8-9)19-14-18-5-6-20(14)10-3-1-2-4-10/h5-8,10H,1-4H2,(H,18,19).